The van der Waals surface area contributed by atoms with Crippen LogP contribution in [0.15, 0.2) is 101 Å². The summed E-state index contributed by atoms with van der Waals surface area (Å²) in [6.07, 6.45) is 0.819. The number of hydrogen-bond donors (Lipinski definition) is 1. The van der Waals surface area contributed by atoms with Gasteiger partial charge in [-0.05, 0) is 37.5 Å². The lowest BCUT2D eigenvalue weighted by Crippen LogP contribution is -2.71. The number of ether oxygens (including phenoxy) is 2. The van der Waals surface area contributed by atoms with E-state index in [4.69, 9.17) is 14.3 Å². The normalized spacial score (nSPS) is 18.0. The van der Waals surface area contributed by atoms with Crippen molar-refractivity contribution in [2.75, 3.05) is 12.4 Å². The van der Waals surface area contributed by atoms with Crippen LogP contribution in [0, 0.1) is 0 Å². The molecule has 2 aromatic carbocycles. The fraction of sp³-hybridized carbons (Fsp3) is 0.273. The minimum absolute atomic E-state index is 0.0835. The SMILES string of the molecule is C=CC1=C(C(=O)OC(c2ccccc2)c2ccccc2)N2C(=O)C(NC(=O)C(=NOCC(=O)OC(C)(C)C)c3cscn3)[C@@H]2SC1. The number of oxime groups is 1. The number of thiazole rings is 1. The van der Waals surface area contributed by atoms with E-state index in [9.17, 15) is 19.2 Å². The highest BCUT2D eigenvalue weighted by Crippen LogP contribution is 2.42. The van der Waals surface area contributed by atoms with Gasteiger partial charge in [0.25, 0.3) is 11.8 Å². The minimum atomic E-state index is -0.972. The highest BCUT2D eigenvalue weighted by molar-refractivity contribution is 8.00. The van der Waals surface area contributed by atoms with Crippen molar-refractivity contribution in [3.63, 3.8) is 0 Å². The number of thioether (sulfide) groups is 1. The highest BCUT2D eigenvalue weighted by atomic mass is 32.2. The van der Waals surface area contributed by atoms with Gasteiger partial charge in [-0.2, -0.15) is 0 Å². The maximum atomic E-state index is 13.8. The second kappa shape index (κ2) is 14.1. The molecule has 0 saturated carbocycles. The number of carbonyl (C=O) groups excluding carboxylic acids is 4. The van der Waals surface area contributed by atoms with E-state index in [0.29, 0.717) is 11.3 Å². The summed E-state index contributed by atoms with van der Waals surface area (Å²) in [4.78, 5) is 63.4. The molecule has 1 fully saturated rings. The summed E-state index contributed by atoms with van der Waals surface area (Å²) in [6.45, 7) is 8.47. The van der Waals surface area contributed by atoms with E-state index in [0.717, 1.165) is 11.1 Å². The van der Waals surface area contributed by atoms with Gasteiger partial charge in [-0.15, -0.1) is 23.1 Å². The van der Waals surface area contributed by atoms with E-state index in [1.807, 2.05) is 60.7 Å². The molecule has 3 heterocycles. The fourth-order valence-corrected chi connectivity index (χ4v) is 6.68. The first-order chi connectivity index (χ1) is 22.1. The quantitative estimate of drug-likeness (QED) is 0.138. The zero-order chi connectivity index (χ0) is 32.8. The van der Waals surface area contributed by atoms with Gasteiger partial charge < -0.3 is 19.6 Å². The van der Waals surface area contributed by atoms with Crippen LogP contribution < -0.4 is 5.32 Å². The van der Waals surface area contributed by atoms with Crippen molar-refractivity contribution in [2.45, 2.75) is 43.9 Å². The summed E-state index contributed by atoms with van der Waals surface area (Å²) in [5.74, 6) is -2.22. The monoisotopic (exact) mass is 660 g/mol. The Labute approximate surface area is 274 Å². The molecule has 3 aromatic rings. The average molecular weight is 661 g/mol. The molecular formula is C33H32N4O7S2. The van der Waals surface area contributed by atoms with Crippen LogP contribution in [-0.2, 0) is 33.5 Å². The third-order valence-electron chi connectivity index (χ3n) is 6.80. The zero-order valence-electron chi connectivity index (χ0n) is 25.4. The Morgan fingerprint density at radius 1 is 1.11 bits per heavy atom. The first kappa shape index (κ1) is 32.6. The van der Waals surface area contributed by atoms with E-state index in [2.05, 4.69) is 22.0 Å². The van der Waals surface area contributed by atoms with Crippen molar-refractivity contribution >= 4 is 52.6 Å². The smallest absolute Gasteiger partial charge is 0.356 e. The number of nitrogens with zero attached hydrogens (tertiary/aromatic N) is 3. The molecule has 2 aliphatic heterocycles. The largest absolute Gasteiger partial charge is 0.457 e. The van der Waals surface area contributed by atoms with Crippen LogP contribution in [-0.4, -0.2) is 68.7 Å². The van der Waals surface area contributed by atoms with E-state index >= 15 is 0 Å². The molecule has 1 N–H and O–H groups in total. The standard InChI is InChI=1S/C33H32N4O7S2/c1-5-20-17-46-31-26(35-29(39)25(23-18-45-19-34-23)36-42-16-24(38)44-33(2,3)4)30(40)37(31)27(20)32(41)43-28(21-12-8-6-9-13-21)22-14-10-7-11-15-22/h5-15,18-19,26,28,31H,1,16-17H2,2-4H3,(H,35,39)/t26?,31-/m0/s1. The Morgan fingerprint density at radius 3 is 2.33 bits per heavy atom. The Kier molecular flexibility index (Phi) is 10.0. The van der Waals surface area contributed by atoms with Crippen molar-refractivity contribution < 1.29 is 33.5 Å². The van der Waals surface area contributed by atoms with Crippen LogP contribution >= 0.6 is 23.1 Å². The van der Waals surface area contributed by atoms with Gasteiger partial charge in [0.2, 0.25) is 6.61 Å². The predicted molar refractivity (Wildman–Crippen MR) is 174 cm³/mol. The van der Waals surface area contributed by atoms with Gasteiger partial charge in [-0.3, -0.25) is 14.5 Å². The second-order valence-corrected chi connectivity index (χ2v) is 13.0. The molecule has 46 heavy (non-hydrogen) atoms. The molecule has 1 unspecified atom stereocenters. The number of allylic oxidation sites excluding steroid dienone is 1. The molecule has 13 heteroatoms. The van der Waals surface area contributed by atoms with Gasteiger partial charge in [-0.25, -0.2) is 14.6 Å². The van der Waals surface area contributed by atoms with Crippen molar-refractivity contribution in [3.8, 4) is 0 Å². The van der Waals surface area contributed by atoms with Gasteiger partial charge in [0, 0.05) is 11.1 Å². The molecule has 2 atom stereocenters. The lowest BCUT2D eigenvalue weighted by molar-refractivity contribution is -0.160. The summed E-state index contributed by atoms with van der Waals surface area (Å²) in [5.41, 5.74) is 2.95. The summed E-state index contributed by atoms with van der Waals surface area (Å²) in [7, 11) is 0. The molecular weight excluding hydrogens is 629 g/mol. The lowest BCUT2D eigenvalue weighted by Gasteiger charge is -2.49. The fourth-order valence-electron chi connectivity index (χ4n) is 4.80. The van der Waals surface area contributed by atoms with E-state index in [1.54, 1.807) is 26.2 Å². The molecule has 0 bridgehead atoms. The number of carbonyl (C=O) groups is 4. The van der Waals surface area contributed by atoms with Crippen LogP contribution in [0.3, 0.4) is 0 Å². The summed E-state index contributed by atoms with van der Waals surface area (Å²) < 4.78 is 11.3. The summed E-state index contributed by atoms with van der Waals surface area (Å²) in [5, 5.41) is 7.55. The molecule has 0 spiro atoms. The topological polar surface area (TPSA) is 136 Å². The summed E-state index contributed by atoms with van der Waals surface area (Å²) in [6, 6.07) is 17.7. The van der Waals surface area contributed by atoms with Gasteiger partial charge in [0.1, 0.15) is 28.4 Å². The number of amides is 2. The average Bonchev–Trinajstić information content (AvgIpc) is 3.58. The van der Waals surface area contributed by atoms with Crippen molar-refractivity contribution in [1.82, 2.24) is 15.2 Å². The first-order valence-electron chi connectivity index (χ1n) is 14.3. The number of hydrogen-bond acceptors (Lipinski definition) is 11. The lowest BCUT2D eigenvalue weighted by atomic mass is 10.0. The van der Waals surface area contributed by atoms with Crippen LogP contribution in [0.4, 0.5) is 0 Å². The Morgan fingerprint density at radius 2 is 1.76 bits per heavy atom. The molecule has 5 rings (SSSR count). The first-order valence-corrected chi connectivity index (χ1v) is 16.3. The van der Waals surface area contributed by atoms with Gasteiger partial charge in [-0.1, -0.05) is 78.5 Å². The number of rotatable bonds is 11. The maximum absolute atomic E-state index is 13.8. The van der Waals surface area contributed by atoms with Crippen LogP contribution in [0.5, 0.6) is 0 Å². The molecule has 238 valence electrons. The van der Waals surface area contributed by atoms with Crippen molar-refractivity contribution in [3.05, 3.63) is 112 Å². The third-order valence-corrected chi connectivity index (χ3v) is 8.69. The van der Waals surface area contributed by atoms with Crippen LogP contribution in [0.25, 0.3) is 0 Å². The van der Waals surface area contributed by atoms with Gasteiger partial charge >= 0.3 is 11.9 Å². The number of fused-ring (bicyclic) bond motifs is 1. The molecule has 0 radical (unpaired) electrons. The number of benzene rings is 2. The Hall–Kier alpha value is -4.75. The maximum Gasteiger partial charge on any atom is 0.356 e. The molecule has 2 amide bonds. The minimum Gasteiger partial charge on any atom is -0.457 e. The van der Waals surface area contributed by atoms with E-state index in [-0.39, 0.29) is 17.1 Å². The number of β-lactam (4-membered cyclic amide) rings is 1. The molecule has 1 saturated heterocycles. The molecule has 11 nitrogen and oxygen atoms in total. The second-order valence-electron chi connectivity index (χ2n) is 11.2. The Balaban J connectivity index is 1.32. The number of esters is 2. The predicted octanol–water partition coefficient (Wildman–Crippen LogP) is 4.38. The van der Waals surface area contributed by atoms with Gasteiger partial charge in [0.05, 0.1) is 5.51 Å². The van der Waals surface area contributed by atoms with Crippen LogP contribution in [0.2, 0.25) is 0 Å². The number of aromatic nitrogens is 1. The molecule has 0 aliphatic carbocycles. The van der Waals surface area contributed by atoms with Gasteiger partial charge in [0.15, 0.2) is 11.8 Å². The third kappa shape index (κ3) is 7.37. The van der Waals surface area contributed by atoms with E-state index < -0.39 is 53.5 Å². The number of nitrogens with one attached hydrogen (secondary N) is 1. The van der Waals surface area contributed by atoms with E-state index in [1.165, 1.54) is 39.6 Å². The van der Waals surface area contributed by atoms with Crippen molar-refractivity contribution in [2.24, 2.45) is 5.16 Å². The summed E-state index contributed by atoms with van der Waals surface area (Å²) >= 11 is 2.61. The van der Waals surface area contributed by atoms with Crippen LogP contribution in [0.1, 0.15) is 43.7 Å². The van der Waals surface area contributed by atoms with Crippen molar-refractivity contribution in [1.29, 1.82) is 0 Å². The molecule has 2 aliphatic rings. The zero-order valence-corrected chi connectivity index (χ0v) is 27.0. The molecule has 1 aromatic heterocycles. The Bertz CT molecular complexity index is 1630. The highest BCUT2D eigenvalue weighted by Gasteiger charge is 2.54.